The van der Waals surface area contributed by atoms with E-state index in [1.807, 2.05) is 10.3 Å². The molecule has 0 aromatic carbocycles. The smallest absolute Gasteiger partial charge is 0.439 e. The van der Waals surface area contributed by atoms with Crippen molar-refractivity contribution in [2.45, 2.75) is 30.7 Å². The van der Waals surface area contributed by atoms with Gasteiger partial charge in [-0.3, -0.25) is 19.1 Å². The molecule has 1 aliphatic heterocycles. The molecule has 0 aliphatic carbocycles. The van der Waals surface area contributed by atoms with Crippen molar-refractivity contribution in [3.63, 3.8) is 0 Å². The van der Waals surface area contributed by atoms with Crippen molar-refractivity contribution in [3.8, 4) is 0 Å². The Morgan fingerprint density at radius 1 is 1.28 bits per heavy atom. The average molecular weight is 426 g/mol. The number of nitrogens with one attached hydrogen (secondary N) is 3. The van der Waals surface area contributed by atoms with Crippen molar-refractivity contribution in [2.24, 2.45) is 0 Å². The number of alkyl halides is 3. The van der Waals surface area contributed by atoms with Crippen LogP contribution in [0.2, 0.25) is 0 Å². The van der Waals surface area contributed by atoms with Gasteiger partial charge in [0.15, 0.2) is 12.3 Å². The summed E-state index contributed by atoms with van der Waals surface area (Å²) in [6, 6.07) is 0.976. The highest BCUT2D eigenvalue weighted by molar-refractivity contribution is 5.81. The van der Waals surface area contributed by atoms with Crippen LogP contribution in [0.4, 0.5) is 18.0 Å². The summed E-state index contributed by atoms with van der Waals surface area (Å²) >= 11 is 0. The summed E-state index contributed by atoms with van der Waals surface area (Å²) in [5.41, 5.74) is -1.64. The Morgan fingerprint density at radius 3 is 2.52 bits per heavy atom. The molecule has 1 aromatic heterocycles. The maximum atomic E-state index is 12.0. The fraction of sp³-hybridized carbons (Fsp3) is 0.571. The van der Waals surface area contributed by atoms with Crippen LogP contribution in [0.25, 0.3) is 0 Å². The lowest BCUT2D eigenvalue weighted by Crippen LogP contribution is -2.44. The van der Waals surface area contributed by atoms with E-state index in [1.165, 1.54) is 5.32 Å². The second kappa shape index (κ2) is 9.06. The standard InChI is InChI=1S/C14H17F3N4O8/c15-14(16,17)11(25)18-2-3-19-13(27)29-9-8(24)6(5-22)28-10(9)21-4-1-7(23)20-12(21)26/h1,4,6,8-10,22,24H,2-3,5H2,(H,18,25)(H,19,27)(H,20,23,26)/t6-,8+,9-,10-/m1/s1. The normalized spacial score (nSPS) is 24.2. The quantitative estimate of drug-likeness (QED) is 0.312. The van der Waals surface area contributed by atoms with Gasteiger partial charge in [-0.25, -0.2) is 9.59 Å². The van der Waals surface area contributed by atoms with Crippen LogP contribution in [0.1, 0.15) is 6.23 Å². The van der Waals surface area contributed by atoms with E-state index in [-0.39, 0.29) is 0 Å². The SMILES string of the molecule is O=C(NCCNC(=O)C(F)(F)F)O[C@@H]1[C@@H](O)[C@@H](CO)O[C@H]1n1ccc(=O)[nH]c1=O. The first-order chi connectivity index (χ1) is 13.5. The van der Waals surface area contributed by atoms with Gasteiger partial charge in [-0.05, 0) is 0 Å². The lowest BCUT2D eigenvalue weighted by Gasteiger charge is -2.22. The van der Waals surface area contributed by atoms with Crippen LogP contribution in [0.15, 0.2) is 21.9 Å². The van der Waals surface area contributed by atoms with Gasteiger partial charge in [0.1, 0.15) is 12.2 Å². The first kappa shape index (κ1) is 22.4. The van der Waals surface area contributed by atoms with E-state index in [4.69, 9.17) is 9.47 Å². The summed E-state index contributed by atoms with van der Waals surface area (Å²) in [6.07, 6.45) is -10.9. The number of amides is 2. The van der Waals surface area contributed by atoms with E-state index in [1.54, 1.807) is 0 Å². The molecular weight excluding hydrogens is 409 g/mol. The predicted molar refractivity (Wildman–Crippen MR) is 85.7 cm³/mol. The number of ether oxygens (including phenoxy) is 2. The van der Waals surface area contributed by atoms with Crippen molar-refractivity contribution in [1.82, 2.24) is 20.2 Å². The van der Waals surface area contributed by atoms with Gasteiger partial charge < -0.3 is 30.3 Å². The molecule has 0 unspecified atom stereocenters. The minimum Gasteiger partial charge on any atom is -0.439 e. The molecule has 0 bridgehead atoms. The molecule has 1 fully saturated rings. The lowest BCUT2D eigenvalue weighted by molar-refractivity contribution is -0.173. The predicted octanol–water partition coefficient (Wildman–Crippen LogP) is -2.44. The van der Waals surface area contributed by atoms with E-state index in [2.05, 4.69) is 0 Å². The minimum atomic E-state index is -5.07. The van der Waals surface area contributed by atoms with Gasteiger partial charge in [-0.1, -0.05) is 0 Å². The molecule has 1 aliphatic rings. The van der Waals surface area contributed by atoms with Crippen LogP contribution in [0.5, 0.6) is 0 Å². The van der Waals surface area contributed by atoms with Crippen LogP contribution in [-0.4, -0.2) is 75.9 Å². The van der Waals surface area contributed by atoms with E-state index < -0.39 is 73.7 Å². The van der Waals surface area contributed by atoms with E-state index >= 15 is 0 Å². The number of aliphatic hydroxyl groups is 2. The number of aromatic amines is 1. The number of halogens is 3. The van der Waals surface area contributed by atoms with Crippen LogP contribution in [0.3, 0.4) is 0 Å². The number of nitrogens with zero attached hydrogens (tertiary/aromatic N) is 1. The van der Waals surface area contributed by atoms with Crippen LogP contribution < -0.4 is 21.9 Å². The molecule has 29 heavy (non-hydrogen) atoms. The van der Waals surface area contributed by atoms with Gasteiger partial charge in [0.25, 0.3) is 5.56 Å². The number of carbonyl (C=O) groups excluding carboxylic acids is 2. The Balaban J connectivity index is 2.00. The zero-order valence-corrected chi connectivity index (χ0v) is 14.5. The third-order valence-electron chi connectivity index (χ3n) is 3.80. The second-order valence-corrected chi connectivity index (χ2v) is 5.81. The molecule has 1 saturated heterocycles. The molecule has 4 atom stereocenters. The maximum Gasteiger partial charge on any atom is 0.471 e. The molecule has 12 nitrogen and oxygen atoms in total. The third kappa shape index (κ3) is 5.55. The Hall–Kier alpha value is -2.91. The molecule has 1 aromatic rings. The van der Waals surface area contributed by atoms with Gasteiger partial charge in [0, 0.05) is 25.4 Å². The van der Waals surface area contributed by atoms with Gasteiger partial charge in [0.2, 0.25) is 0 Å². The van der Waals surface area contributed by atoms with E-state index in [0.717, 1.165) is 16.8 Å². The van der Waals surface area contributed by atoms with Gasteiger partial charge in [-0.2, -0.15) is 13.2 Å². The Bertz CT molecular complexity index is 854. The molecule has 15 heteroatoms. The highest BCUT2D eigenvalue weighted by Crippen LogP contribution is 2.30. The number of aliphatic hydroxyl groups excluding tert-OH is 2. The first-order valence-corrected chi connectivity index (χ1v) is 8.10. The largest absolute Gasteiger partial charge is 0.471 e. The van der Waals surface area contributed by atoms with Crippen molar-refractivity contribution in [2.75, 3.05) is 19.7 Å². The summed E-state index contributed by atoms with van der Waals surface area (Å²) in [5.74, 6) is -2.18. The molecule has 5 N–H and O–H groups in total. The van der Waals surface area contributed by atoms with Gasteiger partial charge in [0.05, 0.1) is 6.61 Å². The molecule has 2 rings (SSSR count). The van der Waals surface area contributed by atoms with Crippen molar-refractivity contribution < 1.29 is 42.4 Å². The van der Waals surface area contributed by atoms with Crippen LogP contribution in [-0.2, 0) is 14.3 Å². The number of aromatic nitrogens is 2. The fourth-order valence-corrected chi connectivity index (χ4v) is 2.45. The van der Waals surface area contributed by atoms with E-state index in [0.29, 0.717) is 0 Å². The van der Waals surface area contributed by atoms with Crippen LogP contribution in [0, 0.1) is 0 Å². The number of alkyl carbamates (subject to hydrolysis) is 1. The number of hydrogen-bond acceptors (Lipinski definition) is 8. The fourth-order valence-electron chi connectivity index (χ4n) is 2.45. The van der Waals surface area contributed by atoms with Gasteiger partial charge in [-0.15, -0.1) is 0 Å². The number of rotatable bonds is 6. The number of carbonyl (C=O) groups is 2. The molecule has 2 amide bonds. The van der Waals surface area contributed by atoms with Crippen molar-refractivity contribution in [1.29, 1.82) is 0 Å². The van der Waals surface area contributed by atoms with Crippen LogP contribution >= 0.6 is 0 Å². The van der Waals surface area contributed by atoms with E-state index in [9.17, 15) is 42.6 Å². The summed E-state index contributed by atoms with van der Waals surface area (Å²) in [5, 5.41) is 23.0. The molecule has 162 valence electrons. The zero-order valence-electron chi connectivity index (χ0n) is 14.5. The monoisotopic (exact) mass is 426 g/mol. The molecular formula is C14H17F3N4O8. The van der Waals surface area contributed by atoms with Crippen molar-refractivity contribution in [3.05, 3.63) is 33.1 Å². The highest BCUT2D eigenvalue weighted by Gasteiger charge is 2.47. The number of hydrogen-bond donors (Lipinski definition) is 5. The highest BCUT2D eigenvalue weighted by atomic mass is 19.4. The summed E-state index contributed by atoms with van der Waals surface area (Å²) < 4.78 is 47.2. The topological polar surface area (TPSA) is 172 Å². The average Bonchev–Trinajstić information content (AvgIpc) is 2.93. The Kier molecular flexibility index (Phi) is 6.99. The molecule has 0 spiro atoms. The third-order valence-corrected chi connectivity index (χ3v) is 3.80. The maximum absolute atomic E-state index is 12.0. The summed E-state index contributed by atoms with van der Waals surface area (Å²) in [6.45, 7) is -1.67. The molecule has 2 heterocycles. The number of H-pyrrole nitrogens is 1. The summed E-state index contributed by atoms with van der Waals surface area (Å²) in [7, 11) is 0. The Morgan fingerprint density at radius 2 is 1.93 bits per heavy atom. The van der Waals surface area contributed by atoms with Crippen molar-refractivity contribution >= 4 is 12.0 Å². The van der Waals surface area contributed by atoms with Gasteiger partial charge >= 0.3 is 23.9 Å². The lowest BCUT2D eigenvalue weighted by atomic mass is 10.1. The minimum absolute atomic E-state index is 0.434. The first-order valence-electron chi connectivity index (χ1n) is 8.10. The zero-order chi connectivity index (χ0) is 21.8. The Labute approximate surface area is 159 Å². The molecule has 0 saturated carbocycles. The molecule has 0 radical (unpaired) electrons. The summed E-state index contributed by atoms with van der Waals surface area (Å²) in [4.78, 5) is 47.5. The second-order valence-electron chi connectivity index (χ2n) is 5.81.